The number of hydrogen-bond acceptors (Lipinski definition) is 2. The van der Waals surface area contributed by atoms with Crippen LogP contribution in [0, 0.1) is 16.7 Å². The summed E-state index contributed by atoms with van der Waals surface area (Å²) in [6, 6.07) is 0. The van der Waals surface area contributed by atoms with Gasteiger partial charge in [-0.2, -0.15) is 0 Å². The van der Waals surface area contributed by atoms with Crippen LogP contribution in [0.5, 0.6) is 0 Å². The lowest BCUT2D eigenvalue weighted by atomic mass is 9.74. The van der Waals surface area contributed by atoms with Gasteiger partial charge < -0.3 is 10.6 Å². The molecule has 2 N–H and O–H groups in total. The molecule has 2 nitrogen and oxygen atoms in total. The molecule has 1 unspecified atom stereocenters. The first-order valence-electron chi connectivity index (χ1n) is 7.93. The zero-order valence-corrected chi connectivity index (χ0v) is 12.6. The van der Waals surface area contributed by atoms with Gasteiger partial charge >= 0.3 is 0 Å². The third-order valence-electron chi connectivity index (χ3n) is 5.35. The summed E-state index contributed by atoms with van der Waals surface area (Å²) < 4.78 is 0. The fourth-order valence-corrected chi connectivity index (χ4v) is 3.75. The molecule has 0 radical (unpaired) electrons. The summed E-state index contributed by atoms with van der Waals surface area (Å²) in [5.74, 6) is 0.843. The fourth-order valence-electron chi connectivity index (χ4n) is 3.75. The summed E-state index contributed by atoms with van der Waals surface area (Å²) in [6.45, 7) is 12.2. The maximum atomic E-state index is 3.78. The van der Waals surface area contributed by atoms with Crippen LogP contribution in [0.4, 0.5) is 0 Å². The molecule has 0 amide bonds. The second-order valence-electron chi connectivity index (χ2n) is 7.65. The van der Waals surface area contributed by atoms with E-state index in [0.717, 1.165) is 5.92 Å². The summed E-state index contributed by atoms with van der Waals surface area (Å²) in [6.07, 6.45) is 8.48. The van der Waals surface area contributed by atoms with Gasteiger partial charge in [-0.15, -0.1) is 0 Å². The lowest BCUT2D eigenvalue weighted by Crippen LogP contribution is -2.45. The number of piperidine rings is 1. The quantitative estimate of drug-likeness (QED) is 0.785. The van der Waals surface area contributed by atoms with Crippen molar-refractivity contribution in [3.63, 3.8) is 0 Å². The summed E-state index contributed by atoms with van der Waals surface area (Å²) in [5.41, 5.74) is 1.02. The second-order valence-corrected chi connectivity index (χ2v) is 7.65. The second kappa shape index (κ2) is 5.92. The van der Waals surface area contributed by atoms with Crippen LogP contribution in [0.25, 0.3) is 0 Å². The highest BCUT2D eigenvalue weighted by Crippen LogP contribution is 2.37. The van der Waals surface area contributed by atoms with Crippen LogP contribution < -0.4 is 10.6 Å². The van der Waals surface area contributed by atoms with Crippen molar-refractivity contribution in [3.05, 3.63) is 0 Å². The minimum atomic E-state index is 0.433. The van der Waals surface area contributed by atoms with E-state index >= 15 is 0 Å². The van der Waals surface area contributed by atoms with Gasteiger partial charge in [0.05, 0.1) is 0 Å². The van der Waals surface area contributed by atoms with Crippen LogP contribution in [0.15, 0.2) is 0 Å². The maximum Gasteiger partial charge on any atom is 0.000588 e. The van der Waals surface area contributed by atoms with E-state index in [4.69, 9.17) is 0 Å². The molecule has 1 aliphatic heterocycles. The van der Waals surface area contributed by atoms with Gasteiger partial charge in [0, 0.05) is 13.1 Å². The standard InChI is InChI=1S/C16H32N2/c1-15(2,14-7-6-10-17-11-14)12-18-13-16(3)8-4-5-9-16/h14,17-18H,4-13H2,1-3H3. The minimum Gasteiger partial charge on any atom is -0.316 e. The zero-order valence-electron chi connectivity index (χ0n) is 12.6. The molecular weight excluding hydrogens is 220 g/mol. The first-order chi connectivity index (χ1) is 8.52. The lowest BCUT2D eigenvalue weighted by Gasteiger charge is -2.38. The molecule has 0 aromatic carbocycles. The molecule has 2 rings (SSSR count). The van der Waals surface area contributed by atoms with Crippen molar-refractivity contribution < 1.29 is 0 Å². The van der Waals surface area contributed by atoms with Gasteiger partial charge in [0.25, 0.3) is 0 Å². The summed E-state index contributed by atoms with van der Waals surface area (Å²) in [4.78, 5) is 0. The molecule has 0 bridgehead atoms. The first-order valence-corrected chi connectivity index (χ1v) is 7.93. The van der Waals surface area contributed by atoms with Crippen molar-refractivity contribution in [1.29, 1.82) is 0 Å². The van der Waals surface area contributed by atoms with Crippen molar-refractivity contribution in [2.24, 2.45) is 16.7 Å². The Labute approximate surface area is 113 Å². The van der Waals surface area contributed by atoms with E-state index in [0.29, 0.717) is 10.8 Å². The third-order valence-corrected chi connectivity index (χ3v) is 5.35. The highest BCUT2D eigenvalue weighted by molar-refractivity contribution is 4.87. The van der Waals surface area contributed by atoms with E-state index in [1.54, 1.807) is 0 Å². The van der Waals surface area contributed by atoms with Crippen molar-refractivity contribution in [2.45, 2.75) is 59.3 Å². The number of rotatable bonds is 5. The highest BCUT2D eigenvalue weighted by Gasteiger charge is 2.32. The summed E-state index contributed by atoms with van der Waals surface area (Å²) >= 11 is 0. The summed E-state index contributed by atoms with van der Waals surface area (Å²) in [7, 11) is 0. The Morgan fingerprint density at radius 3 is 2.56 bits per heavy atom. The number of nitrogens with one attached hydrogen (secondary N) is 2. The molecule has 1 atom stereocenters. The molecule has 2 aliphatic rings. The van der Waals surface area contributed by atoms with Crippen molar-refractivity contribution in [2.75, 3.05) is 26.2 Å². The average molecular weight is 252 g/mol. The van der Waals surface area contributed by atoms with Gasteiger partial charge in [-0.05, 0) is 55.5 Å². The van der Waals surface area contributed by atoms with Crippen LogP contribution >= 0.6 is 0 Å². The van der Waals surface area contributed by atoms with Gasteiger partial charge in [-0.3, -0.25) is 0 Å². The van der Waals surface area contributed by atoms with Crippen LogP contribution in [-0.2, 0) is 0 Å². The molecule has 18 heavy (non-hydrogen) atoms. The van der Waals surface area contributed by atoms with Gasteiger partial charge in [-0.1, -0.05) is 33.6 Å². The molecule has 0 aromatic heterocycles. The molecule has 0 spiro atoms. The molecule has 106 valence electrons. The fraction of sp³-hybridized carbons (Fsp3) is 1.00. The van der Waals surface area contributed by atoms with E-state index in [1.807, 2.05) is 0 Å². The Morgan fingerprint density at radius 1 is 1.22 bits per heavy atom. The third kappa shape index (κ3) is 3.71. The van der Waals surface area contributed by atoms with Gasteiger partial charge in [-0.25, -0.2) is 0 Å². The SMILES string of the molecule is CC1(CNCC(C)(C)C2CCCNC2)CCCC1. The molecule has 1 aliphatic carbocycles. The van der Waals surface area contributed by atoms with Crippen LogP contribution in [0.1, 0.15) is 59.3 Å². The van der Waals surface area contributed by atoms with Crippen molar-refractivity contribution in [1.82, 2.24) is 10.6 Å². The van der Waals surface area contributed by atoms with Crippen molar-refractivity contribution >= 4 is 0 Å². The Kier molecular flexibility index (Phi) is 4.71. The first kappa shape index (κ1) is 14.3. The largest absolute Gasteiger partial charge is 0.316 e. The van der Waals surface area contributed by atoms with E-state index < -0.39 is 0 Å². The molecule has 1 heterocycles. The highest BCUT2D eigenvalue weighted by atomic mass is 14.9. The zero-order chi connectivity index (χ0) is 13.1. The lowest BCUT2D eigenvalue weighted by molar-refractivity contribution is 0.158. The van der Waals surface area contributed by atoms with Crippen LogP contribution in [0.3, 0.4) is 0 Å². The Morgan fingerprint density at radius 2 is 1.94 bits per heavy atom. The smallest absolute Gasteiger partial charge is 0.000588 e. The average Bonchev–Trinajstić information content (AvgIpc) is 2.77. The molecule has 2 heteroatoms. The van der Waals surface area contributed by atoms with Crippen molar-refractivity contribution in [3.8, 4) is 0 Å². The molecular formula is C16H32N2. The van der Waals surface area contributed by atoms with Gasteiger partial charge in [0.2, 0.25) is 0 Å². The Bertz CT molecular complexity index is 248. The molecule has 1 saturated heterocycles. The van der Waals surface area contributed by atoms with E-state index in [-0.39, 0.29) is 0 Å². The van der Waals surface area contributed by atoms with E-state index in [1.165, 1.54) is 64.7 Å². The monoisotopic (exact) mass is 252 g/mol. The topological polar surface area (TPSA) is 24.1 Å². The van der Waals surface area contributed by atoms with Crippen LogP contribution in [0.2, 0.25) is 0 Å². The molecule has 2 fully saturated rings. The predicted molar refractivity (Wildman–Crippen MR) is 78.8 cm³/mol. The Hall–Kier alpha value is -0.0800. The molecule has 0 aromatic rings. The van der Waals surface area contributed by atoms with Gasteiger partial charge in [0.1, 0.15) is 0 Å². The predicted octanol–water partition coefficient (Wildman–Crippen LogP) is 3.18. The van der Waals surface area contributed by atoms with E-state index in [2.05, 4.69) is 31.4 Å². The normalized spacial score (nSPS) is 28.5. The molecule has 1 saturated carbocycles. The number of hydrogen-bond donors (Lipinski definition) is 2. The van der Waals surface area contributed by atoms with E-state index in [9.17, 15) is 0 Å². The van der Waals surface area contributed by atoms with Crippen LogP contribution in [-0.4, -0.2) is 26.2 Å². The van der Waals surface area contributed by atoms with Gasteiger partial charge in [0.15, 0.2) is 0 Å². The summed E-state index contributed by atoms with van der Waals surface area (Å²) in [5, 5.41) is 7.33. The Balaban J connectivity index is 1.74. The maximum absolute atomic E-state index is 3.78. The minimum absolute atomic E-state index is 0.433.